The molecule has 0 unspecified atom stereocenters. The van der Waals surface area contributed by atoms with Crippen LogP contribution in [0, 0.1) is 5.92 Å². The molecule has 0 atom stereocenters. The Morgan fingerprint density at radius 2 is 2.10 bits per heavy atom. The number of piperidine rings is 1. The van der Waals surface area contributed by atoms with Crippen LogP contribution in [0.3, 0.4) is 0 Å². The minimum atomic E-state index is -0.440. The Morgan fingerprint density at radius 1 is 1.40 bits per heavy atom. The highest BCUT2D eigenvalue weighted by Crippen LogP contribution is 2.18. The molecule has 1 saturated heterocycles. The molecule has 1 fully saturated rings. The first kappa shape index (κ1) is 14.2. The number of aromatic nitrogens is 2. The molecule has 7 nitrogen and oxygen atoms in total. The van der Waals surface area contributed by atoms with Gasteiger partial charge in [0.1, 0.15) is 6.54 Å². The molecule has 0 spiro atoms. The minimum absolute atomic E-state index is 0.0183. The van der Waals surface area contributed by atoms with E-state index in [1.54, 1.807) is 11.0 Å². The number of ether oxygens (including phenoxy) is 1. The molecule has 1 aliphatic heterocycles. The molecule has 1 aromatic heterocycles. The summed E-state index contributed by atoms with van der Waals surface area (Å²) < 4.78 is 5.97. The fraction of sp³-hybridized carbons (Fsp3) is 0.538. The van der Waals surface area contributed by atoms with Crippen molar-refractivity contribution in [2.24, 2.45) is 5.92 Å². The summed E-state index contributed by atoms with van der Waals surface area (Å²) in [5, 5.41) is 0. The van der Waals surface area contributed by atoms with Gasteiger partial charge in [-0.15, -0.1) is 0 Å². The second-order valence-corrected chi connectivity index (χ2v) is 4.71. The van der Waals surface area contributed by atoms with Crippen LogP contribution in [-0.2, 0) is 20.9 Å². The number of carbonyl (C=O) groups is 2. The largest absolute Gasteiger partial charge is 0.469 e. The summed E-state index contributed by atoms with van der Waals surface area (Å²) in [7, 11) is 1.37. The van der Waals surface area contributed by atoms with Gasteiger partial charge in [-0.1, -0.05) is 0 Å². The summed E-state index contributed by atoms with van der Waals surface area (Å²) in [5.41, 5.74) is -0.440. The smallest absolute Gasteiger partial charge is 0.347 e. The summed E-state index contributed by atoms with van der Waals surface area (Å²) in [6.45, 7) is 0.997. The van der Waals surface area contributed by atoms with Gasteiger partial charge in [0, 0.05) is 25.5 Å². The SMILES string of the molecule is COC(=O)C1CCN(C(=O)Cn2cccnc2=O)CC1. The van der Waals surface area contributed by atoms with E-state index in [4.69, 9.17) is 4.74 Å². The minimum Gasteiger partial charge on any atom is -0.469 e. The van der Waals surface area contributed by atoms with Crippen LogP contribution in [0.5, 0.6) is 0 Å². The van der Waals surface area contributed by atoms with Gasteiger partial charge < -0.3 is 9.64 Å². The average molecular weight is 279 g/mol. The molecular formula is C13H17N3O4. The molecule has 0 radical (unpaired) electrons. The summed E-state index contributed by atoms with van der Waals surface area (Å²) in [6.07, 6.45) is 4.13. The maximum absolute atomic E-state index is 12.1. The van der Waals surface area contributed by atoms with E-state index in [0.717, 1.165) is 0 Å². The van der Waals surface area contributed by atoms with Crippen molar-refractivity contribution >= 4 is 11.9 Å². The lowest BCUT2D eigenvalue weighted by molar-refractivity contribution is -0.149. The highest BCUT2D eigenvalue weighted by molar-refractivity contribution is 5.77. The third-order valence-electron chi connectivity index (χ3n) is 3.47. The summed E-state index contributed by atoms with van der Waals surface area (Å²) in [6, 6.07) is 1.61. The second-order valence-electron chi connectivity index (χ2n) is 4.71. The lowest BCUT2D eigenvalue weighted by Gasteiger charge is -2.30. The third-order valence-corrected chi connectivity index (χ3v) is 3.47. The molecule has 0 aliphatic carbocycles. The van der Waals surface area contributed by atoms with Crippen molar-refractivity contribution in [1.29, 1.82) is 0 Å². The monoisotopic (exact) mass is 279 g/mol. The van der Waals surface area contributed by atoms with Gasteiger partial charge in [0.2, 0.25) is 5.91 Å². The lowest BCUT2D eigenvalue weighted by atomic mass is 9.97. The van der Waals surface area contributed by atoms with E-state index in [0.29, 0.717) is 25.9 Å². The number of methoxy groups -OCH3 is 1. The summed E-state index contributed by atoms with van der Waals surface area (Å²) >= 11 is 0. The molecule has 0 aromatic carbocycles. The van der Waals surface area contributed by atoms with Gasteiger partial charge in [-0.2, -0.15) is 0 Å². The third kappa shape index (κ3) is 3.23. The molecule has 1 aromatic rings. The number of amides is 1. The van der Waals surface area contributed by atoms with Crippen LogP contribution in [0.25, 0.3) is 0 Å². The molecule has 2 rings (SSSR count). The predicted molar refractivity (Wildman–Crippen MR) is 69.8 cm³/mol. The Morgan fingerprint density at radius 3 is 2.70 bits per heavy atom. The van der Waals surface area contributed by atoms with Crippen LogP contribution in [0.1, 0.15) is 12.8 Å². The van der Waals surface area contributed by atoms with Gasteiger partial charge in [0.25, 0.3) is 0 Å². The van der Waals surface area contributed by atoms with Crippen LogP contribution < -0.4 is 5.69 Å². The normalized spacial score (nSPS) is 15.9. The molecular weight excluding hydrogens is 262 g/mol. The highest BCUT2D eigenvalue weighted by Gasteiger charge is 2.27. The average Bonchev–Trinajstić information content (AvgIpc) is 2.49. The van der Waals surface area contributed by atoms with Gasteiger partial charge >= 0.3 is 11.7 Å². The van der Waals surface area contributed by atoms with Crippen molar-refractivity contribution in [3.63, 3.8) is 0 Å². The fourth-order valence-electron chi connectivity index (χ4n) is 2.28. The molecule has 108 valence electrons. The topological polar surface area (TPSA) is 81.5 Å². The first-order chi connectivity index (χ1) is 9.61. The van der Waals surface area contributed by atoms with Gasteiger partial charge in [0.15, 0.2) is 0 Å². The molecule has 0 bridgehead atoms. The first-order valence-corrected chi connectivity index (χ1v) is 6.49. The lowest BCUT2D eigenvalue weighted by Crippen LogP contribution is -2.43. The predicted octanol–water partition coefficient (Wildman–Crippen LogP) is -0.345. The Balaban J connectivity index is 1.91. The van der Waals surface area contributed by atoms with Crippen LogP contribution >= 0.6 is 0 Å². The highest BCUT2D eigenvalue weighted by atomic mass is 16.5. The van der Waals surface area contributed by atoms with Crippen molar-refractivity contribution in [1.82, 2.24) is 14.5 Å². The van der Waals surface area contributed by atoms with Crippen molar-refractivity contribution in [2.45, 2.75) is 19.4 Å². The van der Waals surface area contributed by atoms with E-state index in [9.17, 15) is 14.4 Å². The zero-order valence-corrected chi connectivity index (χ0v) is 11.3. The first-order valence-electron chi connectivity index (χ1n) is 6.49. The van der Waals surface area contributed by atoms with Crippen molar-refractivity contribution in [2.75, 3.05) is 20.2 Å². The molecule has 1 aliphatic rings. The zero-order chi connectivity index (χ0) is 14.5. The number of rotatable bonds is 3. The number of carbonyl (C=O) groups excluding carboxylic acids is 2. The number of nitrogens with zero attached hydrogens (tertiary/aromatic N) is 3. The summed E-state index contributed by atoms with van der Waals surface area (Å²) in [4.78, 5) is 40.2. The Hall–Kier alpha value is -2.18. The van der Waals surface area contributed by atoms with Crippen LogP contribution in [-0.4, -0.2) is 46.5 Å². The maximum Gasteiger partial charge on any atom is 0.347 e. The molecule has 2 heterocycles. The Kier molecular flexibility index (Phi) is 4.49. The quantitative estimate of drug-likeness (QED) is 0.707. The second kappa shape index (κ2) is 6.31. The molecule has 0 saturated carbocycles. The number of likely N-dealkylation sites (tertiary alicyclic amines) is 1. The maximum atomic E-state index is 12.1. The molecule has 7 heteroatoms. The van der Waals surface area contributed by atoms with Crippen molar-refractivity contribution in [3.05, 3.63) is 28.9 Å². The van der Waals surface area contributed by atoms with Gasteiger partial charge in [-0.3, -0.25) is 14.2 Å². The van der Waals surface area contributed by atoms with Gasteiger partial charge in [-0.25, -0.2) is 9.78 Å². The van der Waals surface area contributed by atoms with Crippen LogP contribution in [0.4, 0.5) is 0 Å². The fourth-order valence-corrected chi connectivity index (χ4v) is 2.28. The van der Waals surface area contributed by atoms with Gasteiger partial charge in [-0.05, 0) is 18.9 Å². The number of hydrogen-bond acceptors (Lipinski definition) is 5. The zero-order valence-electron chi connectivity index (χ0n) is 11.3. The Bertz CT molecular complexity index is 547. The van der Waals surface area contributed by atoms with E-state index in [1.165, 1.54) is 24.1 Å². The van der Waals surface area contributed by atoms with E-state index < -0.39 is 5.69 Å². The van der Waals surface area contributed by atoms with Crippen molar-refractivity contribution in [3.8, 4) is 0 Å². The van der Waals surface area contributed by atoms with E-state index in [-0.39, 0.29) is 24.3 Å². The molecule has 20 heavy (non-hydrogen) atoms. The van der Waals surface area contributed by atoms with E-state index in [1.807, 2.05) is 0 Å². The van der Waals surface area contributed by atoms with Gasteiger partial charge in [0.05, 0.1) is 13.0 Å². The molecule has 1 amide bonds. The summed E-state index contributed by atoms with van der Waals surface area (Å²) in [5.74, 6) is -0.492. The van der Waals surface area contributed by atoms with Crippen molar-refractivity contribution < 1.29 is 14.3 Å². The Labute approximate surface area is 116 Å². The molecule has 0 N–H and O–H groups in total. The number of esters is 1. The number of hydrogen-bond donors (Lipinski definition) is 0. The van der Waals surface area contributed by atoms with E-state index in [2.05, 4.69) is 4.98 Å². The standard InChI is InChI=1S/C13H17N3O4/c1-20-12(18)10-3-7-15(8-4-10)11(17)9-16-6-2-5-14-13(16)19/h2,5-6,10H,3-4,7-9H2,1H3. The van der Waals surface area contributed by atoms with E-state index >= 15 is 0 Å². The van der Waals surface area contributed by atoms with Crippen LogP contribution in [0.2, 0.25) is 0 Å². The van der Waals surface area contributed by atoms with Crippen LogP contribution in [0.15, 0.2) is 23.3 Å².